The van der Waals surface area contributed by atoms with Crippen LogP contribution in [0.4, 0.5) is 5.69 Å². The van der Waals surface area contributed by atoms with Gasteiger partial charge in [-0.05, 0) is 41.8 Å². The normalized spacial score (nSPS) is 11.8. The third kappa shape index (κ3) is 6.23. The van der Waals surface area contributed by atoms with Crippen LogP contribution in [0.1, 0.15) is 26.3 Å². The van der Waals surface area contributed by atoms with E-state index < -0.39 is 6.04 Å². The number of carbonyl (C=O) groups is 2. The zero-order chi connectivity index (χ0) is 18.2. The lowest BCUT2D eigenvalue weighted by molar-refractivity contribution is -0.126. The summed E-state index contributed by atoms with van der Waals surface area (Å²) in [4.78, 5) is 28.8. The molecule has 5 nitrogen and oxygen atoms in total. The molecule has 6 heteroatoms. The fraction of sp³-hybridized carbons (Fsp3) is 0.316. The number of rotatable bonds is 7. The van der Waals surface area contributed by atoms with Crippen LogP contribution in [0.15, 0.2) is 53.7 Å². The maximum atomic E-state index is 12.3. The van der Waals surface area contributed by atoms with Crippen LogP contribution in [-0.2, 0) is 15.3 Å². The van der Waals surface area contributed by atoms with Gasteiger partial charge in [0.25, 0.3) is 0 Å². The van der Waals surface area contributed by atoms with E-state index in [2.05, 4.69) is 15.6 Å². The second kappa shape index (κ2) is 9.22. The second-order valence-corrected chi connectivity index (χ2v) is 7.13. The molecule has 132 valence electrons. The summed E-state index contributed by atoms with van der Waals surface area (Å²) < 4.78 is 0. The van der Waals surface area contributed by atoms with E-state index in [0.717, 1.165) is 10.6 Å². The third-order valence-electron chi connectivity index (χ3n) is 3.56. The van der Waals surface area contributed by atoms with Gasteiger partial charge in [-0.1, -0.05) is 19.9 Å². The molecule has 0 saturated heterocycles. The number of anilines is 1. The Morgan fingerprint density at radius 1 is 1.16 bits per heavy atom. The first-order valence-corrected chi connectivity index (χ1v) is 9.14. The van der Waals surface area contributed by atoms with Crippen molar-refractivity contribution >= 4 is 29.3 Å². The van der Waals surface area contributed by atoms with Crippen molar-refractivity contribution in [1.82, 2.24) is 10.3 Å². The van der Waals surface area contributed by atoms with E-state index in [1.54, 1.807) is 18.0 Å². The molecule has 1 aromatic heterocycles. The zero-order valence-corrected chi connectivity index (χ0v) is 15.5. The number of carbonyl (C=O) groups excluding carboxylic acids is 2. The van der Waals surface area contributed by atoms with E-state index in [0.29, 0.717) is 5.69 Å². The molecule has 0 fully saturated rings. The lowest BCUT2D eigenvalue weighted by Crippen LogP contribution is -2.46. The first-order valence-electron chi connectivity index (χ1n) is 8.15. The molecule has 1 heterocycles. The van der Waals surface area contributed by atoms with Crippen LogP contribution in [0.3, 0.4) is 0 Å². The van der Waals surface area contributed by atoms with Gasteiger partial charge in [0.2, 0.25) is 11.8 Å². The van der Waals surface area contributed by atoms with Gasteiger partial charge in [0.05, 0.1) is 0 Å². The Morgan fingerprint density at radius 2 is 1.88 bits per heavy atom. The maximum Gasteiger partial charge on any atom is 0.247 e. The molecule has 0 saturated carbocycles. The number of nitrogens with one attached hydrogen (secondary N) is 2. The van der Waals surface area contributed by atoms with Crippen LogP contribution in [0.25, 0.3) is 0 Å². The van der Waals surface area contributed by atoms with Crippen LogP contribution in [0.5, 0.6) is 0 Å². The molecular weight excluding hydrogens is 334 g/mol. The number of hydrogen-bond acceptors (Lipinski definition) is 4. The zero-order valence-electron chi connectivity index (χ0n) is 14.7. The highest BCUT2D eigenvalue weighted by atomic mass is 32.2. The minimum absolute atomic E-state index is 0.0122. The molecule has 1 atom stereocenters. The predicted molar refractivity (Wildman–Crippen MR) is 101 cm³/mol. The van der Waals surface area contributed by atoms with E-state index in [4.69, 9.17) is 0 Å². The van der Waals surface area contributed by atoms with Gasteiger partial charge in [-0.15, -0.1) is 11.8 Å². The van der Waals surface area contributed by atoms with Gasteiger partial charge in [-0.2, -0.15) is 0 Å². The largest absolute Gasteiger partial charge is 0.344 e. The number of thioether (sulfide) groups is 1. The van der Waals surface area contributed by atoms with E-state index in [1.165, 1.54) is 12.5 Å². The van der Waals surface area contributed by atoms with Gasteiger partial charge in [0.15, 0.2) is 0 Å². The summed E-state index contributed by atoms with van der Waals surface area (Å²) in [6.45, 7) is 5.22. The van der Waals surface area contributed by atoms with Crippen LogP contribution < -0.4 is 10.6 Å². The van der Waals surface area contributed by atoms with Crippen LogP contribution in [-0.4, -0.2) is 22.8 Å². The monoisotopic (exact) mass is 357 g/mol. The van der Waals surface area contributed by atoms with Gasteiger partial charge < -0.3 is 10.6 Å². The number of amides is 2. The lowest BCUT2D eigenvalue weighted by Gasteiger charge is -2.21. The highest BCUT2D eigenvalue weighted by molar-refractivity contribution is 7.98. The van der Waals surface area contributed by atoms with Crippen LogP contribution >= 0.6 is 11.8 Å². The summed E-state index contributed by atoms with van der Waals surface area (Å²) in [5.74, 6) is 0.437. The van der Waals surface area contributed by atoms with Crippen molar-refractivity contribution in [3.63, 3.8) is 0 Å². The molecule has 0 radical (unpaired) electrons. The highest BCUT2D eigenvalue weighted by Gasteiger charge is 2.22. The Balaban J connectivity index is 1.92. The second-order valence-electron chi connectivity index (χ2n) is 6.09. The minimum atomic E-state index is -0.544. The Morgan fingerprint density at radius 3 is 2.44 bits per heavy atom. The van der Waals surface area contributed by atoms with Crippen molar-refractivity contribution in [2.24, 2.45) is 5.92 Å². The topological polar surface area (TPSA) is 71.1 Å². The maximum absolute atomic E-state index is 12.3. The molecule has 0 aliphatic rings. The number of pyridine rings is 1. The van der Waals surface area contributed by atoms with Gasteiger partial charge >= 0.3 is 0 Å². The number of hydrogen-bond donors (Lipinski definition) is 2. The lowest BCUT2D eigenvalue weighted by atomic mass is 10.0. The summed E-state index contributed by atoms with van der Waals surface area (Å²) in [5.41, 5.74) is 1.88. The van der Waals surface area contributed by atoms with Crippen molar-refractivity contribution in [2.75, 3.05) is 5.32 Å². The average molecular weight is 357 g/mol. The van der Waals surface area contributed by atoms with Gasteiger partial charge in [-0.3, -0.25) is 14.6 Å². The molecule has 0 bridgehead atoms. The fourth-order valence-corrected chi connectivity index (χ4v) is 3.09. The quantitative estimate of drug-likeness (QED) is 0.744. The Bertz CT molecular complexity index is 702. The number of benzene rings is 1. The molecule has 0 unspecified atom stereocenters. The SMILES string of the molecule is CC(=O)N[C@@H](C(=O)Nc1ccc(SCc2cccnc2)cc1)C(C)C. The fourth-order valence-electron chi connectivity index (χ4n) is 2.26. The Hall–Kier alpha value is -2.34. The standard InChI is InChI=1S/C19H23N3O2S/c1-13(2)18(21-14(3)23)19(24)22-16-6-8-17(9-7-16)25-12-15-5-4-10-20-11-15/h4-11,13,18H,12H2,1-3H3,(H,21,23)(H,22,24)/t18-/m1/s1. The molecule has 25 heavy (non-hydrogen) atoms. The molecule has 0 aliphatic carbocycles. The number of aromatic nitrogens is 1. The van der Waals surface area contributed by atoms with Crippen molar-refractivity contribution in [3.8, 4) is 0 Å². The van der Waals surface area contributed by atoms with Crippen LogP contribution in [0.2, 0.25) is 0 Å². The summed E-state index contributed by atoms with van der Waals surface area (Å²) >= 11 is 1.71. The van der Waals surface area contributed by atoms with Gasteiger partial charge in [-0.25, -0.2) is 0 Å². The third-order valence-corrected chi connectivity index (χ3v) is 4.64. The molecule has 2 amide bonds. The average Bonchev–Trinajstić information content (AvgIpc) is 2.59. The molecule has 2 rings (SSSR count). The van der Waals surface area contributed by atoms with Gasteiger partial charge in [0.1, 0.15) is 6.04 Å². The molecule has 2 aromatic rings. The van der Waals surface area contributed by atoms with Crippen molar-refractivity contribution in [2.45, 2.75) is 37.5 Å². The summed E-state index contributed by atoms with van der Waals surface area (Å²) in [7, 11) is 0. The van der Waals surface area contributed by atoms with Crippen molar-refractivity contribution in [1.29, 1.82) is 0 Å². The summed E-state index contributed by atoms with van der Waals surface area (Å²) in [6, 6.07) is 11.1. The predicted octanol–water partition coefficient (Wildman–Crippen LogP) is 3.47. The highest BCUT2D eigenvalue weighted by Crippen LogP contribution is 2.24. The number of nitrogens with zero attached hydrogens (tertiary/aromatic N) is 1. The molecule has 1 aromatic carbocycles. The van der Waals surface area contributed by atoms with Crippen molar-refractivity contribution in [3.05, 3.63) is 54.4 Å². The van der Waals surface area contributed by atoms with Crippen LogP contribution in [0, 0.1) is 5.92 Å². The molecule has 2 N–H and O–H groups in total. The summed E-state index contributed by atoms with van der Waals surface area (Å²) in [6.07, 6.45) is 3.62. The van der Waals surface area contributed by atoms with E-state index in [-0.39, 0.29) is 17.7 Å². The van der Waals surface area contributed by atoms with E-state index >= 15 is 0 Å². The Labute approximate surface area is 152 Å². The summed E-state index contributed by atoms with van der Waals surface area (Å²) in [5, 5.41) is 5.54. The van der Waals surface area contributed by atoms with Crippen molar-refractivity contribution < 1.29 is 9.59 Å². The van der Waals surface area contributed by atoms with E-state index in [1.807, 2.05) is 56.4 Å². The molecule has 0 aliphatic heterocycles. The molecule has 0 spiro atoms. The minimum Gasteiger partial charge on any atom is -0.344 e. The Kier molecular flexibility index (Phi) is 7.01. The first kappa shape index (κ1) is 19.0. The smallest absolute Gasteiger partial charge is 0.247 e. The van der Waals surface area contributed by atoms with Gasteiger partial charge in [0, 0.05) is 35.7 Å². The first-order chi connectivity index (χ1) is 12.0. The molecular formula is C19H23N3O2S. The van der Waals surface area contributed by atoms with E-state index in [9.17, 15) is 9.59 Å².